The topological polar surface area (TPSA) is 154 Å². The SMILES string of the molecule is CC1(C)N([O])C(c2ccc(-c3cn([C@H]4C[C@H](O)[C@@H](CO)O4)c(=O)[nH]c3=O)cc2)=[N+]([O-])C1(C)C. The van der Waals surface area contributed by atoms with Gasteiger partial charge in [-0.1, -0.05) is 17.2 Å². The summed E-state index contributed by atoms with van der Waals surface area (Å²) in [5.74, 6) is -0.0150. The van der Waals surface area contributed by atoms with E-state index >= 15 is 0 Å². The Morgan fingerprint density at radius 2 is 1.79 bits per heavy atom. The van der Waals surface area contributed by atoms with E-state index in [1.807, 2.05) is 0 Å². The molecule has 0 unspecified atom stereocenters. The molecule has 3 N–H and O–H groups in total. The van der Waals surface area contributed by atoms with Crippen molar-refractivity contribution in [3.05, 3.63) is 62.1 Å². The maximum absolute atomic E-state index is 12.9. The second-order valence-electron chi connectivity index (χ2n) is 9.43. The molecule has 0 bridgehead atoms. The number of aromatic amines is 1. The predicted octanol–water partition coefficient (Wildman–Crippen LogP) is 0.320. The molecule has 0 spiro atoms. The molecule has 4 rings (SSSR count). The molecule has 1 fully saturated rings. The van der Waals surface area contributed by atoms with Crippen LogP contribution in [0.4, 0.5) is 0 Å². The van der Waals surface area contributed by atoms with Crippen molar-refractivity contribution in [2.75, 3.05) is 6.61 Å². The normalized spacial score (nSPS) is 26.3. The first-order valence-corrected chi connectivity index (χ1v) is 10.6. The fourth-order valence-corrected chi connectivity index (χ4v) is 4.10. The average molecular weight is 459 g/mol. The van der Waals surface area contributed by atoms with E-state index in [4.69, 9.17) is 4.74 Å². The van der Waals surface area contributed by atoms with Gasteiger partial charge in [-0.15, -0.1) is 0 Å². The van der Waals surface area contributed by atoms with Crippen LogP contribution in [-0.4, -0.2) is 65.3 Å². The van der Waals surface area contributed by atoms with Gasteiger partial charge < -0.3 is 20.2 Å². The van der Waals surface area contributed by atoms with Gasteiger partial charge in [0.1, 0.15) is 17.9 Å². The average Bonchev–Trinajstić information content (AvgIpc) is 3.18. The van der Waals surface area contributed by atoms with Crippen LogP contribution in [0, 0.1) is 5.21 Å². The number of hydroxylamine groups is 3. The maximum atomic E-state index is 12.9. The molecule has 33 heavy (non-hydrogen) atoms. The zero-order valence-electron chi connectivity index (χ0n) is 18.8. The number of ether oxygens (including phenoxy) is 1. The van der Waals surface area contributed by atoms with Gasteiger partial charge in [-0.3, -0.25) is 19.1 Å². The number of aliphatic hydroxyl groups excluding tert-OH is 2. The third-order valence-electron chi connectivity index (χ3n) is 7.01. The second-order valence-corrected chi connectivity index (χ2v) is 9.43. The summed E-state index contributed by atoms with van der Waals surface area (Å²) in [7, 11) is 0. The van der Waals surface area contributed by atoms with E-state index in [0.29, 0.717) is 20.9 Å². The van der Waals surface area contributed by atoms with Crippen LogP contribution in [0.25, 0.3) is 11.1 Å². The molecule has 11 heteroatoms. The Morgan fingerprint density at radius 1 is 1.18 bits per heavy atom. The van der Waals surface area contributed by atoms with Gasteiger partial charge in [-0.2, -0.15) is 0 Å². The van der Waals surface area contributed by atoms with Crippen LogP contribution in [0.3, 0.4) is 0 Å². The lowest BCUT2D eigenvalue weighted by Crippen LogP contribution is -2.53. The van der Waals surface area contributed by atoms with E-state index in [2.05, 4.69) is 4.98 Å². The van der Waals surface area contributed by atoms with Crippen molar-refractivity contribution in [1.82, 2.24) is 14.6 Å². The van der Waals surface area contributed by atoms with Gasteiger partial charge >= 0.3 is 11.5 Å². The standard InChI is InChI=1S/C22H27N4O7/c1-21(2)22(3,4)26(32)19(25(21)31)13-7-5-12(6-8-13)14-10-24(20(30)23-18(14)29)17-9-15(28)16(11-27)33-17/h5-8,10,15-17,27-28H,9,11H2,1-4H3,(H,23,29,30)/t15-,16+,17+/m0/s1. The Morgan fingerprint density at radius 3 is 2.30 bits per heavy atom. The van der Waals surface area contributed by atoms with E-state index < -0.39 is 47.4 Å². The van der Waals surface area contributed by atoms with Crippen molar-refractivity contribution in [1.29, 1.82) is 0 Å². The number of nitrogens with one attached hydrogen (secondary N) is 1. The van der Waals surface area contributed by atoms with E-state index in [9.17, 15) is 30.2 Å². The van der Waals surface area contributed by atoms with Gasteiger partial charge in [0, 0.05) is 17.8 Å². The lowest BCUT2D eigenvalue weighted by atomic mass is 9.84. The Labute approximate surface area is 189 Å². The molecule has 3 heterocycles. The molecule has 1 aromatic carbocycles. The van der Waals surface area contributed by atoms with Crippen LogP contribution in [0.15, 0.2) is 40.1 Å². The molecule has 11 nitrogen and oxygen atoms in total. The molecule has 0 aliphatic carbocycles. The third kappa shape index (κ3) is 3.48. The van der Waals surface area contributed by atoms with Crippen molar-refractivity contribution in [2.45, 2.75) is 63.6 Å². The first-order chi connectivity index (χ1) is 15.4. The molecule has 1 aromatic heterocycles. The summed E-state index contributed by atoms with van der Waals surface area (Å²) in [6, 6.07) is 6.32. The third-order valence-corrected chi connectivity index (χ3v) is 7.01. The number of hydrogen-bond donors (Lipinski definition) is 3. The molecule has 177 valence electrons. The second kappa shape index (κ2) is 7.80. The minimum absolute atomic E-state index is 0.0150. The molecule has 1 saturated heterocycles. The highest BCUT2D eigenvalue weighted by molar-refractivity contribution is 5.96. The van der Waals surface area contributed by atoms with Gasteiger partial charge in [0.15, 0.2) is 5.54 Å². The highest BCUT2D eigenvalue weighted by Gasteiger charge is 2.59. The number of aliphatic hydroxyl groups is 2. The van der Waals surface area contributed by atoms with Gasteiger partial charge in [0.25, 0.3) is 5.56 Å². The van der Waals surface area contributed by atoms with E-state index in [-0.39, 0.29) is 17.8 Å². The summed E-state index contributed by atoms with van der Waals surface area (Å²) in [5.41, 5.74) is -2.19. The Kier molecular flexibility index (Phi) is 5.48. The molecule has 2 aliphatic heterocycles. The summed E-state index contributed by atoms with van der Waals surface area (Å²) < 4.78 is 7.40. The smallest absolute Gasteiger partial charge is 0.330 e. The van der Waals surface area contributed by atoms with Crippen LogP contribution < -0.4 is 11.2 Å². The Balaban J connectivity index is 1.70. The zero-order chi connectivity index (χ0) is 24.3. The summed E-state index contributed by atoms with van der Waals surface area (Å²) in [5, 5.41) is 45.7. The lowest BCUT2D eigenvalue weighted by Gasteiger charge is -2.32. The van der Waals surface area contributed by atoms with Crippen molar-refractivity contribution in [3.63, 3.8) is 0 Å². The Hall–Kier alpha value is -2.99. The number of H-pyrrole nitrogens is 1. The van der Waals surface area contributed by atoms with Crippen molar-refractivity contribution in [3.8, 4) is 11.1 Å². The molecular weight excluding hydrogens is 432 g/mol. The Bertz CT molecular complexity index is 1210. The summed E-state index contributed by atoms with van der Waals surface area (Å²) in [6.07, 6.45) is -1.19. The number of aromatic nitrogens is 2. The highest BCUT2D eigenvalue weighted by Crippen LogP contribution is 2.37. The van der Waals surface area contributed by atoms with Crippen LogP contribution >= 0.6 is 0 Å². The minimum atomic E-state index is -0.951. The van der Waals surface area contributed by atoms with Gasteiger partial charge in [0.05, 0.1) is 23.8 Å². The molecule has 0 amide bonds. The van der Waals surface area contributed by atoms with Gasteiger partial charge in [0.2, 0.25) is 0 Å². The highest BCUT2D eigenvalue weighted by atomic mass is 16.5. The number of nitrogens with zero attached hydrogens (tertiary/aromatic N) is 3. The first kappa shape index (κ1) is 23.2. The van der Waals surface area contributed by atoms with Crippen molar-refractivity contribution in [2.24, 2.45) is 0 Å². The molecule has 1 radical (unpaired) electrons. The van der Waals surface area contributed by atoms with E-state index in [0.717, 1.165) is 0 Å². The monoisotopic (exact) mass is 459 g/mol. The fourth-order valence-electron chi connectivity index (χ4n) is 4.10. The number of hydrogen-bond acceptors (Lipinski definition) is 7. The summed E-state index contributed by atoms with van der Waals surface area (Å²) in [6.45, 7) is 6.43. The van der Waals surface area contributed by atoms with Crippen LogP contribution in [0.2, 0.25) is 0 Å². The van der Waals surface area contributed by atoms with Crippen LogP contribution in [0.1, 0.15) is 45.9 Å². The van der Waals surface area contributed by atoms with Crippen molar-refractivity contribution >= 4 is 5.84 Å². The van der Waals surface area contributed by atoms with Gasteiger partial charge in [-0.05, 0) is 45.4 Å². The molecule has 2 aromatic rings. The van der Waals surface area contributed by atoms with Gasteiger partial charge in [-0.25, -0.2) is 4.79 Å². The van der Waals surface area contributed by atoms with Crippen LogP contribution in [-0.2, 0) is 9.94 Å². The predicted molar refractivity (Wildman–Crippen MR) is 117 cm³/mol. The number of benzene rings is 1. The molecule has 0 saturated carbocycles. The molecule has 3 atom stereocenters. The van der Waals surface area contributed by atoms with E-state index in [1.165, 1.54) is 10.8 Å². The maximum Gasteiger partial charge on any atom is 0.330 e. The lowest BCUT2D eigenvalue weighted by molar-refractivity contribution is -0.539. The molecule has 2 aliphatic rings. The quantitative estimate of drug-likeness (QED) is 0.439. The summed E-state index contributed by atoms with van der Waals surface area (Å²) in [4.78, 5) is 27.1. The van der Waals surface area contributed by atoms with Crippen molar-refractivity contribution < 1.29 is 24.9 Å². The largest absolute Gasteiger partial charge is 0.714 e. The number of amidine groups is 1. The van der Waals surface area contributed by atoms with E-state index in [1.54, 1.807) is 52.0 Å². The van der Waals surface area contributed by atoms with Crippen LogP contribution in [0.5, 0.6) is 0 Å². The molecular formula is C22H27N4O7. The fraction of sp³-hybridized carbons (Fsp3) is 0.500. The summed E-state index contributed by atoms with van der Waals surface area (Å²) >= 11 is 0. The number of rotatable bonds is 4. The minimum Gasteiger partial charge on any atom is -0.714 e. The zero-order valence-corrected chi connectivity index (χ0v) is 18.8. The first-order valence-electron chi connectivity index (χ1n) is 10.6.